The Bertz CT molecular complexity index is 3670. The Balaban J connectivity index is 0.00000492. The van der Waals surface area contributed by atoms with Crippen molar-refractivity contribution >= 4 is 44.1 Å². The van der Waals surface area contributed by atoms with Gasteiger partial charge in [-0.2, -0.15) is 0 Å². The van der Waals surface area contributed by atoms with Gasteiger partial charge in [0.05, 0.1) is 23.3 Å². The van der Waals surface area contributed by atoms with Crippen LogP contribution in [0.1, 0.15) is 0 Å². The molecule has 2 aliphatic rings. The number of hydrogen-bond acceptors (Lipinski definition) is 10. The van der Waals surface area contributed by atoms with Crippen molar-refractivity contribution in [1.82, 2.24) is 39.9 Å². The van der Waals surface area contributed by atoms with Gasteiger partial charge >= 0.3 is 18.6 Å². The molecule has 5 heterocycles. The Labute approximate surface area is 405 Å². The predicted octanol–water partition coefficient (Wildman–Crippen LogP) is 13.3. The van der Waals surface area contributed by atoms with Gasteiger partial charge in [0.25, 0.3) is 0 Å². The summed E-state index contributed by atoms with van der Waals surface area (Å²) in [6.07, 6.45) is 0. The van der Waals surface area contributed by atoms with E-state index in [1.54, 1.807) is 0 Å². The van der Waals surface area contributed by atoms with Gasteiger partial charge in [0, 0.05) is 44.8 Å². The molecule has 0 amide bonds. The number of hydrogen-bond donors (Lipinski definition) is 0. The van der Waals surface area contributed by atoms with Crippen LogP contribution >= 0.6 is 0 Å². The van der Waals surface area contributed by atoms with E-state index in [2.05, 4.69) is 0 Å². The Morgan fingerprint density at radius 3 is 0.884 bits per heavy atom. The number of ether oxygens (including phenoxy) is 4. The summed E-state index contributed by atoms with van der Waals surface area (Å²) in [5.41, 5.74) is 4.46. The standard InChI is InChI=1S/C56H32N8O4.V/c1-5-13-33(14-6-1)65-37-21-25-41-45(29-37)53-57-49(41)62-54-47-31-39(67-35-17-9-3-10-18-35)23-27-43(47)51(59-54)64-56-48-32-40(68-36-19-11-4-12-20-36)24-28-44(48)52(60-56)63-55-46-30-38(66-34-15-7-2-8-16-34)22-26-42(46)50(58-55)61-53;/h1-32H;/q-2;+2. The van der Waals surface area contributed by atoms with Gasteiger partial charge in [-0.25, -0.2) is 9.97 Å². The second-order valence-electron chi connectivity index (χ2n) is 16.0. The van der Waals surface area contributed by atoms with Gasteiger partial charge in [-0.1, -0.05) is 72.8 Å². The van der Waals surface area contributed by atoms with E-state index in [-0.39, 0.29) is 18.6 Å². The Hall–Kier alpha value is -9.10. The largest absolute Gasteiger partial charge is 2.00 e. The van der Waals surface area contributed by atoms with Gasteiger partial charge in [0.2, 0.25) is 0 Å². The first-order valence-electron chi connectivity index (χ1n) is 21.8. The molecule has 0 N–H and O–H groups in total. The first kappa shape index (κ1) is 41.3. The molecular formula is C56H32N8O4V. The monoisotopic (exact) mass is 931 g/mol. The zero-order valence-corrected chi connectivity index (χ0v) is 37.5. The summed E-state index contributed by atoms with van der Waals surface area (Å²) >= 11 is 0. The van der Waals surface area contributed by atoms with Crippen molar-refractivity contribution in [2.75, 3.05) is 0 Å². The fraction of sp³-hybridized carbons (Fsp3) is 0. The molecule has 0 saturated carbocycles. The third kappa shape index (κ3) is 7.95. The Kier molecular flexibility index (Phi) is 10.4. The van der Waals surface area contributed by atoms with Gasteiger partial charge in [-0.15, -0.1) is 0 Å². The van der Waals surface area contributed by atoms with E-state index in [0.29, 0.717) is 114 Å². The van der Waals surface area contributed by atoms with Crippen molar-refractivity contribution in [2.45, 2.75) is 0 Å². The molecule has 0 unspecified atom stereocenters. The van der Waals surface area contributed by atoms with Gasteiger partial charge < -0.3 is 48.9 Å². The van der Waals surface area contributed by atoms with E-state index in [9.17, 15) is 0 Å². The maximum atomic E-state index is 6.32. The van der Waals surface area contributed by atoms with Gasteiger partial charge in [0.1, 0.15) is 46.0 Å². The van der Waals surface area contributed by atoms with Crippen LogP contribution in [0.3, 0.4) is 0 Å². The van der Waals surface area contributed by atoms with Crippen molar-refractivity contribution < 1.29 is 37.5 Å². The average molecular weight is 932 g/mol. The second kappa shape index (κ2) is 17.3. The second-order valence-corrected chi connectivity index (χ2v) is 16.0. The zero-order valence-electron chi connectivity index (χ0n) is 36.1. The quantitative estimate of drug-likeness (QED) is 0.143. The fourth-order valence-corrected chi connectivity index (χ4v) is 8.33. The molecular weight excluding hydrogens is 900 g/mol. The summed E-state index contributed by atoms with van der Waals surface area (Å²) < 4.78 is 25.3. The minimum atomic E-state index is 0. The third-order valence-corrected chi connectivity index (χ3v) is 11.5. The smallest absolute Gasteiger partial charge is 0.457 e. The molecule has 0 aliphatic carbocycles. The zero-order chi connectivity index (χ0) is 45.0. The molecule has 69 heavy (non-hydrogen) atoms. The van der Waals surface area contributed by atoms with Crippen LogP contribution in [-0.4, -0.2) is 29.9 Å². The molecule has 3 aromatic heterocycles. The summed E-state index contributed by atoms with van der Waals surface area (Å²) in [6, 6.07) is 61.5. The van der Waals surface area contributed by atoms with Crippen LogP contribution in [0, 0.1) is 0 Å². The van der Waals surface area contributed by atoms with Gasteiger partial charge in [0.15, 0.2) is 0 Å². The van der Waals surface area contributed by atoms with E-state index in [0.717, 1.165) is 21.9 Å². The van der Waals surface area contributed by atoms with Crippen LogP contribution in [0.25, 0.3) is 89.7 Å². The summed E-state index contributed by atoms with van der Waals surface area (Å²) in [6.45, 7) is 0. The molecule has 0 spiro atoms. The molecule has 13 heteroatoms. The van der Waals surface area contributed by atoms with Gasteiger partial charge in [-0.05, 0) is 143 Å². The first-order valence-corrected chi connectivity index (χ1v) is 21.8. The normalized spacial score (nSPS) is 11.4. The number of rotatable bonds is 8. The number of nitrogens with zero attached hydrogens (tertiary/aromatic N) is 8. The summed E-state index contributed by atoms with van der Waals surface area (Å²) in [4.78, 5) is 41.2. The summed E-state index contributed by atoms with van der Waals surface area (Å²) in [5.74, 6) is 6.76. The van der Waals surface area contributed by atoms with Crippen LogP contribution in [0.4, 0.5) is 0 Å². The van der Waals surface area contributed by atoms with Crippen molar-refractivity contribution in [3.63, 3.8) is 0 Å². The summed E-state index contributed by atoms with van der Waals surface area (Å²) in [7, 11) is 0. The molecule has 0 fully saturated rings. The number of fused-ring (bicyclic) bond motifs is 20. The van der Waals surface area contributed by atoms with Crippen molar-refractivity contribution in [3.05, 3.63) is 194 Å². The number of benzene rings is 8. The van der Waals surface area contributed by atoms with Crippen molar-refractivity contribution in [3.8, 4) is 91.5 Å². The number of aromatic nitrogens is 8. The van der Waals surface area contributed by atoms with E-state index in [1.807, 2.05) is 194 Å². The molecule has 12 nitrogen and oxygen atoms in total. The van der Waals surface area contributed by atoms with E-state index >= 15 is 0 Å². The van der Waals surface area contributed by atoms with Crippen molar-refractivity contribution in [1.29, 1.82) is 0 Å². The SMILES string of the molecule is [V+2].c1ccc(Oc2ccc3c(c2)-c2nc-3nc3[n-]c(nc4nc(nc5[n-]c(n2)c2ccc(Oc6ccccc6)cc52)-c2ccc(Oc5ccccc5)cc2-4)c2ccc(Oc4ccccc4)cc32)cc1. The maximum Gasteiger partial charge on any atom is 2.00 e. The maximum absolute atomic E-state index is 6.32. The van der Waals surface area contributed by atoms with Crippen LogP contribution < -0.4 is 28.9 Å². The van der Waals surface area contributed by atoms with E-state index < -0.39 is 0 Å². The van der Waals surface area contributed by atoms with Crippen LogP contribution in [-0.2, 0) is 18.6 Å². The number of para-hydroxylation sites is 4. The Morgan fingerprint density at radius 1 is 0.246 bits per heavy atom. The molecule has 2 aliphatic heterocycles. The molecule has 8 bridgehead atoms. The van der Waals surface area contributed by atoms with E-state index in [1.165, 1.54) is 0 Å². The van der Waals surface area contributed by atoms with E-state index in [4.69, 9.17) is 58.8 Å². The third-order valence-electron chi connectivity index (χ3n) is 11.5. The molecule has 8 aromatic carbocycles. The molecule has 0 atom stereocenters. The minimum Gasteiger partial charge on any atom is -0.457 e. The first-order chi connectivity index (χ1) is 33.6. The topological polar surface area (TPSA) is 142 Å². The van der Waals surface area contributed by atoms with Crippen LogP contribution in [0.2, 0.25) is 0 Å². The predicted molar refractivity (Wildman–Crippen MR) is 260 cm³/mol. The Morgan fingerprint density at radius 2 is 0.536 bits per heavy atom. The average Bonchev–Trinajstić information content (AvgIpc) is 4.10. The van der Waals surface area contributed by atoms with Crippen LogP contribution in [0.5, 0.6) is 46.0 Å². The molecule has 13 rings (SSSR count). The molecule has 0 saturated heterocycles. The van der Waals surface area contributed by atoms with Gasteiger partial charge in [-0.3, -0.25) is 0 Å². The van der Waals surface area contributed by atoms with Crippen LogP contribution in [0.15, 0.2) is 194 Å². The molecule has 325 valence electrons. The minimum absolute atomic E-state index is 0. The molecule has 1 radical (unpaired) electrons. The summed E-state index contributed by atoms with van der Waals surface area (Å²) in [5, 5.41) is 2.88. The fourth-order valence-electron chi connectivity index (χ4n) is 8.33. The molecule has 11 aromatic rings. The van der Waals surface area contributed by atoms with Crippen molar-refractivity contribution in [2.24, 2.45) is 0 Å².